The lowest BCUT2D eigenvalue weighted by Gasteiger charge is -2.33. The van der Waals surface area contributed by atoms with Crippen molar-refractivity contribution in [3.63, 3.8) is 0 Å². The van der Waals surface area contributed by atoms with Crippen LogP contribution in [0.15, 0.2) is 15.9 Å². The Labute approximate surface area is 111 Å². The van der Waals surface area contributed by atoms with E-state index in [4.69, 9.17) is 0 Å². The molecule has 0 spiro atoms. The van der Waals surface area contributed by atoms with Gasteiger partial charge in [-0.25, -0.2) is 0 Å². The van der Waals surface area contributed by atoms with Gasteiger partial charge in [0.15, 0.2) is 0 Å². The van der Waals surface area contributed by atoms with Gasteiger partial charge in [-0.15, -0.1) is 11.3 Å². The molecule has 0 amide bonds. The number of halogens is 1. The molecule has 1 fully saturated rings. The van der Waals surface area contributed by atoms with Crippen LogP contribution in [0.4, 0.5) is 0 Å². The minimum absolute atomic E-state index is 0.469. The summed E-state index contributed by atoms with van der Waals surface area (Å²) >= 11 is 5.52. The molecule has 16 heavy (non-hydrogen) atoms. The zero-order valence-corrected chi connectivity index (χ0v) is 12.6. The van der Waals surface area contributed by atoms with Crippen molar-refractivity contribution in [1.82, 2.24) is 5.32 Å². The molecule has 0 aromatic carbocycles. The molecule has 1 saturated carbocycles. The summed E-state index contributed by atoms with van der Waals surface area (Å²) in [4.78, 5) is 1.46. The van der Waals surface area contributed by atoms with Crippen molar-refractivity contribution in [2.45, 2.75) is 39.2 Å². The van der Waals surface area contributed by atoms with Gasteiger partial charge in [0.05, 0.1) is 0 Å². The fourth-order valence-corrected chi connectivity index (χ4v) is 4.81. The van der Waals surface area contributed by atoms with Crippen LogP contribution in [-0.4, -0.2) is 7.05 Å². The van der Waals surface area contributed by atoms with E-state index in [-0.39, 0.29) is 0 Å². The number of thiophene rings is 1. The third-order valence-electron chi connectivity index (χ3n) is 3.98. The molecule has 2 rings (SSSR count). The molecule has 1 aromatic rings. The Balaban J connectivity index is 2.27. The Bertz CT molecular complexity index is 359. The van der Waals surface area contributed by atoms with Gasteiger partial charge in [0.1, 0.15) is 0 Å². The summed E-state index contributed by atoms with van der Waals surface area (Å²) in [7, 11) is 2.09. The summed E-state index contributed by atoms with van der Waals surface area (Å²) in [6.45, 7) is 4.83. The van der Waals surface area contributed by atoms with E-state index in [9.17, 15) is 0 Å². The highest BCUT2D eigenvalue weighted by Gasteiger charge is 2.40. The van der Waals surface area contributed by atoms with Gasteiger partial charge in [0.2, 0.25) is 0 Å². The first-order valence-corrected chi connectivity index (χ1v) is 7.63. The molecule has 0 radical (unpaired) electrons. The average molecular weight is 302 g/mol. The van der Waals surface area contributed by atoms with Crippen molar-refractivity contribution in [2.75, 3.05) is 7.05 Å². The second-order valence-corrected chi connectivity index (χ2v) is 7.19. The molecule has 3 heteroatoms. The smallest absolute Gasteiger partial charge is 0.0457 e. The van der Waals surface area contributed by atoms with Gasteiger partial charge in [-0.05, 0) is 58.6 Å². The molecule has 1 N–H and O–H groups in total. The van der Waals surface area contributed by atoms with Crippen LogP contribution < -0.4 is 5.32 Å². The fourth-order valence-electron chi connectivity index (χ4n) is 3.01. The molecule has 1 aromatic heterocycles. The standard InChI is InChI=1S/C13H20BrNS/c1-13(2)7-4-5-9(13)11(15-3)12-10(14)6-8-16-12/h6,8-9,11,15H,4-5,7H2,1-3H3. The van der Waals surface area contributed by atoms with E-state index in [2.05, 4.69) is 53.6 Å². The van der Waals surface area contributed by atoms with Crippen molar-refractivity contribution in [3.05, 3.63) is 20.8 Å². The molecule has 0 aliphatic heterocycles. The Morgan fingerprint density at radius 3 is 2.75 bits per heavy atom. The molecular formula is C13H20BrNS. The highest BCUT2D eigenvalue weighted by molar-refractivity contribution is 9.10. The first-order chi connectivity index (χ1) is 7.56. The van der Waals surface area contributed by atoms with Gasteiger partial charge in [0, 0.05) is 15.4 Å². The van der Waals surface area contributed by atoms with Gasteiger partial charge in [0.25, 0.3) is 0 Å². The number of hydrogen-bond acceptors (Lipinski definition) is 2. The number of rotatable bonds is 3. The van der Waals surface area contributed by atoms with Crippen LogP contribution in [0.5, 0.6) is 0 Å². The fraction of sp³-hybridized carbons (Fsp3) is 0.692. The largest absolute Gasteiger partial charge is 0.312 e. The van der Waals surface area contributed by atoms with E-state index in [0.29, 0.717) is 11.5 Å². The second kappa shape index (κ2) is 4.79. The summed E-state index contributed by atoms with van der Waals surface area (Å²) in [5.74, 6) is 0.757. The third kappa shape index (κ3) is 2.22. The zero-order valence-electron chi connectivity index (χ0n) is 10.2. The monoisotopic (exact) mass is 301 g/mol. The van der Waals surface area contributed by atoms with Crippen LogP contribution >= 0.6 is 27.3 Å². The van der Waals surface area contributed by atoms with Crippen LogP contribution in [-0.2, 0) is 0 Å². The van der Waals surface area contributed by atoms with Gasteiger partial charge >= 0.3 is 0 Å². The molecule has 1 aliphatic carbocycles. The zero-order chi connectivity index (χ0) is 11.8. The van der Waals surface area contributed by atoms with Gasteiger partial charge < -0.3 is 5.32 Å². The lowest BCUT2D eigenvalue weighted by Crippen LogP contribution is -2.31. The Morgan fingerprint density at radius 2 is 2.31 bits per heavy atom. The van der Waals surface area contributed by atoms with Crippen LogP contribution in [0.3, 0.4) is 0 Å². The quantitative estimate of drug-likeness (QED) is 0.860. The minimum Gasteiger partial charge on any atom is -0.312 e. The predicted molar refractivity (Wildman–Crippen MR) is 74.9 cm³/mol. The summed E-state index contributed by atoms with van der Waals surface area (Å²) in [6, 6.07) is 2.67. The maximum Gasteiger partial charge on any atom is 0.0457 e. The lowest BCUT2D eigenvalue weighted by atomic mass is 9.77. The topological polar surface area (TPSA) is 12.0 Å². The molecule has 0 saturated heterocycles. The Kier molecular flexibility index (Phi) is 3.77. The first kappa shape index (κ1) is 12.6. The van der Waals surface area contributed by atoms with Crippen molar-refractivity contribution in [2.24, 2.45) is 11.3 Å². The molecular weight excluding hydrogens is 282 g/mol. The molecule has 2 atom stereocenters. The SMILES string of the molecule is CNC(c1sccc1Br)C1CCCC1(C)C. The minimum atomic E-state index is 0.469. The number of hydrogen-bond donors (Lipinski definition) is 1. The predicted octanol–water partition coefficient (Wildman–Crippen LogP) is 4.60. The average Bonchev–Trinajstić information content (AvgIpc) is 2.77. The van der Waals surface area contributed by atoms with Gasteiger partial charge in [-0.2, -0.15) is 0 Å². The summed E-state index contributed by atoms with van der Waals surface area (Å²) in [6.07, 6.45) is 4.08. The molecule has 1 heterocycles. The van der Waals surface area contributed by atoms with Crippen molar-refractivity contribution in [3.8, 4) is 0 Å². The molecule has 2 unspecified atom stereocenters. The first-order valence-electron chi connectivity index (χ1n) is 5.96. The Morgan fingerprint density at radius 1 is 1.56 bits per heavy atom. The third-order valence-corrected chi connectivity index (χ3v) is 5.93. The van der Waals surface area contributed by atoms with E-state index in [0.717, 1.165) is 5.92 Å². The Hall–Kier alpha value is 0.140. The van der Waals surface area contributed by atoms with Crippen molar-refractivity contribution in [1.29, 1.82) is 0 Å². The van der Waals surface area contributed by atoms with E-state index < -0.39 is 0 Å². The normalized spacial score (nSPS) is 25.9. The van der Waals surface area contributed by atoms with Gasteiger partial charge in [-0.3, -0.25) is 0 Å². The van der Waals surface area contributed by atoms with E-state index in [1.807, 2.05) is 11.3 Å². The maximum atomic E-state index is 3.66. The second-order valence-electron chi connectivity index (χ2n) is 5.39. The van der Waals surface area contributed by atoms with Crippen LogP contribution in [0, 0.1) is 11.3 Å². The molecule has 90 valence electrons. The van der Waals surface area contributed by atoms with Crippen LogP contribution in [0.2, 0.25) is 0 Å². The van der Waals surface area contributed by atoms with Crippen molar-refractivity contribution >= 4 is 27.3 Å². The molecule has 0 bridgehead atoms. The van der Waals surface area contributed by atoms with Gasteiger partial charge in [-0.1, -0.05) is 20.3 Å². The molecule has 1 nitrogen and oxygen atoms in total. The lowest BCUT2D eigenvalue weighted by molar-refractivity contribution is 0.205. The maximum absolute atomic E-state index is 3.66. The summed E-state index contributed by atoms with van der Waals surface area (Å²) < 4.78 is 1.26. The summed E-state index contributed by atoms with van der Waals surface area (Å²) in [5, 5.41) is 5.70. The van der Waals surface area contributed by atoms with Crippen molar-refractivity contribution < 1.29 is 0 Å². The highest BCUT2D eigenvalue weighted by Crippen LogP contribution is 2.50. The van der Waals surface area contributed by atoms with E-state index >= 15 is 0 Å². The van der Waals surface area contributed by atoms with E-state index in [1.54, 1.807) is 0 Å². The summed E-state index contributed by atoms with van der Waals surface area (Å²) in [5.41, 5.74) is 0.469. The van der Waals surface area contributed by atoms with Crippen LogP contribution in [0.25, 0.3) is 0 Å². The van der Waals surface area contributed by atoms with E-state index in [1.165, 1.54) is 28.6 Å². The highest BCUT2D eigenvalue weighted by atomic mass is 79.9. The molecule has 1 aliphatic rings. The number of nitrogens with one attached hydrogen (secondary N) is 1. The van der Waals surface area contributed by atoms with Crippen LogP contribution in [0.1, 0.15) is 44.0 Å².